The molecule has 0 amide bonds. The van der Waals surface area contributed by atoms with E-state index in [0.29, 0.717) is 6.04 Å². The van der Waals surface area contributed by atoms with E-state index in [9.17, 15) is 0 Å². The molecule has 15 heavy (non-hydrogen) atoms. The van der Waals surface area contributed by atoms with Crippen LogP contribution in [0.5, 0.6) is 5.75 Å². The number of halogens is 1. The zero-order valence-electron chi connectivity index (χ0n) is 9.09. The molecule has 2 nitrogen and oxygen atoms in total. The molecule has 1 heterocycles. The Morgan fingerprint density at radius 2 is 2.27 bits per heavy atom. The molecule has 1 aromatic carbocycles. The SMILES string of the molecule is CCCNC1c2cc(Br)ccc2OC1C. The van der Waals surface area contributed by atoms with E-state index in [4.69, 9.17) is 4.74 Å². The van der Waals surface area contributed by atoms with Crippen molar-refractivity contribution in [1.29, 1.82) is 0 Å². The molecule has 82 valence electrons. The Hall–Kier alpha value is -0.540. The van der Waals surface area contributed by atoms with Crippen LogP contribution < -0.4 is 10.1 Å². The summed E-state index contributed by atoms with van der Waals surface area (Å²) in [6.07, 6.45) is 1.37. The zero-order valence-corrected chi connectivity index (χ0v) is 10.7. The van der Waals surface area contributed by atoms with Crippen LogP contribution in [0.4, 0.5) is 0 Å². The number of rotatable bonds is 3. The van der Waals surface area contributed by atoms with E-state index in [1.54, 1.807) is 0 Å². The molecule has 0 aromatic heterocycles. The van der Waals surface area contributed by atoms with Gasteiger partial charge in [0.2, 0.25) is 0 Å². The van der Waals surface area contributed by atoms with Crippen molar-refractivity contribution in [2.45, 2.75) is 32.4 Å². The summed E-state index contributed by atoms with van der Waals surface area (Å²) in [6, 6.07) is 6.53. The minimum absolute atomic E-state index is 0.223. The molecule has 0 fully saturated rings. The third-order valence-corrected chi connectivity index (χ3v) is 3.20. The van der Waals surface area contributed by atoms with Crippen molar-refractivity contribution >= 4 is 15.9 Å². The second-order valence-corrected chi connectivity index (χ2v) is 4.85. The normalized spacial score (nSPS) is 23.7. The first-order valence-electron chi connectivity index (χ1n) is 5.42. The van der Waals surface area contributed by atoms with Gasteiger partial charge in [0.05, 0.1) is 6.04 Å². The smallest absolute Gasteiger partial charge is 0.124 e. The molecule has 1 N–H and O–H groups in total. The van der Waals surface area contributed by atoms with Crippen molar-refractivity contribution in [3.05, 3.63) is 28.2 Å². The lowest BCUT2D eigenvalue weighted by atomic mass is 10.0. The van der Waals surface area contributed by atoms with Crippen molar-refractivity contribution in [3.63, 3.8) is 0 Å². The lowest BCUT2D eigenvalue weighted by Crippen LogP contribution is -2.29. The summed E-state index contributed by atoms with van der Waals surface area (Å²) in [5.74, 6) is 1.01. The third-order valence-electron chi connectivity index (χ3n) is 2.70. The van der Waals surface area contributed by atoms with Gasteiger partial charge in [-0.15, -0.1) is 0 Å². The number of hydrogen-bond acceptors (Lipinski definition) is 2. The van der Waals surface area contributed by atoms with Crippen LogP contribution >= 0.6 is 15.9 Å². The first-order chi connectivity index (χ1) is 7.22. The highest BCUT2D eigenvalue weighted by molar-refractivity contribution is 9.10. The number of benzene rings is 1. The molecular weight excluding hydrogens is 254 g/mol. The summed E-state index contributed by atoms with van der Waals surface area (Å²) in [5, 5.41) is 3.52. The predicted molar refractivity (Wildman–Crippen MR) is 65.3 cm³/mol. The van der Waals surface area contributed by atoms with Gasteiger partial charge in [0.1, 0.15) is 11.9 Å². The lowest BCUT2D eigenvalue weighted by molar-refractivity contribution is 0.210. The molecule has 0 bridgehead atoms. The summed E-state index contributed by atoms with van der Waals surface area (Å²) < 4.78 is 6.90. The zero-order chi connectivity index (χ0) is 10.8. The maximum Gasteiger partial charge on any atom is 0.124 e. The van der Waals surface area contributed by atoms with Crippen molar-refractivity contribution in [2.75, 3.05) is 6.54 Å². The Morgan fingerprint density at radius 1 is 1.47 bits per heavy atom. The molecule has 1 aliphatic rings. The van der Waals surface area contributed by atoms with Crippen LogP contribution in [0.25, 0.3) is 0 Å². The van der Waals surface area contributed by atoms with Gasteiger partial charge >= 0.3 is 0 Å². The van der Waals surface area contributed by atoms with Gasteiger partial charge in [-0.3, -0.25) is 0 Å². The molecule has 2 atom stereocenters. The van der Waals surface area contributed by atoms with Crippen LogP contribution in [0.3, 0.4) is 0 Å². The molecule has 0 spiro atoms. The summed E-state index contributed by atoms with van der Waals surface area (Å²) in [7, 11) is 0. The van der Waals surface area contributed by atoms with Gasteiger partial charge in [-0.1, -0.05) is 22.9 Å². The Morgan fingerprint density at radius 3 is 3.00 bits per heavy atom. The van der Waals surface area contributed by atoms with Gasteiger partial charge in [0.25, 0.3) is 0 Å². The second kappa shape index (κ2) is 4.54. The van der Waals surface area contributed by atoms with Gasteiger partial charge in [0.15, 0.2) is 0 Å². The Balaban J connectivity index is 2.23. The maximum absolute atomic E-state index is 5.79. The van der Waals surface area contributed by atoms with Gasteiger partial charge in [-0.25, -0.2) is 0 Å². The predicted octanol–water partition coefficient (Wildman–Crippen LogP) is 3.27. The highest BCUT2D eigenvalue weighted by atomic mass is 79.9. The molecule has 2 unspecified atom stereocenters. The molecule has 0 saturated carbocycles. The van der Waals surface area contributed by atoms with Crippen LogP contribution in [0, 0.1) is 0 Å². The van der Waals surface area contributed by atoms with Crippen LogP contribution in [-0.2, 0) is 0 Å². The molecule has 0 aliphatic carbocycles. The highest BCUT2D eigenvalue weighted by Gasteiger charge is 2.30. The van der Waals surface area contributed by atoms with Crippen molar-refractivity contribution < 1.29 is 4.74 Å². The van der Waals surface area contributed by atoms with Crippen molar-refractivity contribution in [1.82, 2.24) is 5.32 Å². The first-order valence-corrected chi connectivity index (χ1v) is 6.21. The standard InChI is InChI=1S/C12H16BrNO/c1-3-6-14-12-8(2)15-11-5-4-9(13)7-10(11)12/h4-5,7-8,12,14H,3,6H2,1-2H3. The van der Waals surface area contributed by atoms with Crippen LogP contribution in [-0.4, -0.2) is 12.6 Å². The van der Waals surface area contributed by atoms with E-state index < -0.39 is 0 Å². The summed E-state index contributed by atoms with van der Waals surface area (Å²) in [6.45, 7) is 5.32. The summed E-state index contributed by atoms with van der Waals surface area (Å²) in [4.78, 5) is 0. The van der Waals surface area contributed by atoms with Gasteiger partial charge in [0, 0.05) is 10.0 Å². The van der Waals surface area contributed by atoms with E-state index in [-0.39, 0.29) is 6.10 Å². The van der Waals surface area contributed by atoms with Crippen LogP contribution in [0.2, 0.25) is 0 Å². The Bertz CT molecular complexity index is 353. The molecule has 0 saturated heterocycles. The molecule has 1 aromatic rings. The topological polar surface area (TPSA) is 21.3 Å². The van der Waals surface area contributed by atoms with E-state index in [1.165, 1.54) is 5.56 Å². The fraction of sp³-hybridized carbons (Fsp3) is 0.500. The number of nitrogens with one attached hydrogen (secondary N) is 1. The lowest BCUT2D eigenvalue weighted by Gasteiger charge is -2.16. The number of ether oxygens (including phenoxy) is 1. The highest BCUT2D eigenvalue weighted by Crippen LogP contribution is 2.37. The van der Waals surface area contributed by atoms with Gasteiger partial charge < -0.3 is 10.1 Å². The first kappa shape index (κ1) is 11.0. The maximum atomic E-state index is 5.79. The van der Waals surface area contributed by atoms with Crippen LogP contribution in [0.1, 0.15) is 31.9 Å². The summed E-state index contributed by atoms with van der Waals surface area (Å²) in [5.41, 5.74) is 1.27. The summed E-state index contributed by atoms with van der Waals surface area (Å²) >= 11 is 3.50. The number of fused-ring (bicyclic) bond motifs is 1. The molecule has 1 aliphatic heterocycles. The quantitative estimate of drug-likeness (QED) is 0.910. The largest absolute Gasteiger partial charge is 0.488 e. The third kappa shape index (κ3) is 2.18. The van der Waals surface area contributed by atoms with E-state index in [2.05, 4.69) is 41.2 Å². The van der Waals surface area contributed by atoms with Crippen molar-refractivity contribution in [2.24, 2.45) is 0 Å². The number of hydrogen-bond donors (Lipinski definition) is 1. The Labute approximate surface area is 99.1 Å². The minimum Gasteiger partial charge on any atom is -0.488 e. The van der Waals surface area contributed by atoms with E-state index >= 15 is 0 Å². The van der Waals surface area contributed by atoms with E-state index in [0.717, 1.165) is 23.2 Å². The minimum atomic E-state index is 0.223. The fourth-order valence-corrected chi connectivity index (χ4v) is 2.35. The van der Waals surface area contributed by atoms with Gasteiger partial charge in [-0.2, -0.15) is 0 Å². The molecule has 0 radical (unpaired) electrons. The van der Waals surface area contributed by atoms with Crippen LogP contribution in [0.15, 0.2) is 22.7 Å². The second-order valence-electron chi connectivity index (χ2n) is 3.94. The van der Waals surface area contributed by atoms with Crippen molar-refractivity contribution in [3.8, 4) is 5.75 Å². The molecule has 3 heteroatoms. The Kier molecular flexibility index (Phi) is 3.32. The average molecular weight is 270 g/mol. The molecule has 2 rings (SSSR count). The molecular formula is C12H16BrNO. The monoisotopic (exact) mass is 269 g/mol. The fourth-order valence-electron chi connectivity index (χ4n) is 1.97. The van der Waals surface area contributed by atoms with E-state index in [1.807, 2.05) is 12.1 Å². The average Bonchev–Trinajstić information content (AvgIpc) is 2.51. The van der Waals surface area contributed by atoms with Gasteiger partial charge in [-0.05, 0) is 38.1 Å².